The Kier molecular flexibility index (Phi) is 5.35. The highest BCUT2D eigenvalue weighted by Crippen LogP contribution is 2.04. The highest BCUT2D eigenvalue weighted by molar-refractivity contribution is 5.78. The number of hydrogen-bond acceptors (Lipinski definition) is 4. The highest BCUT2D eigenvalue weighted by atomic mass is 16.4. The van der Waals surface area contributed by atoms with Crippen LogP contribution in [0.15, 0.2) is 15.6 Å². The zero-order valence-electron chi connectivity index (χ0n) is 9.79. The van der Waals surface area contributed by atoms with Crippen LogP contribution in [0.4, 0.5) is 0 Å². The van der Waals surface area contributed by atoms with Crippen molar-refractivity contribution < 1.29 is 4.42 Å². The maximum Gasteiger partial charge on any atom is 0.216 e. The average molecular weight is 225 g/mol. The Hall–Kier alpha value is -1.56. The van der Waals surface area contributed by atoms with Crippen molar-refractivity contribution in [2.75, 3.05) is 6.54 Å². The largest absolute Gasteiger partial charge is 0.444 e. The first-order valence-electron chi connectivity index (χ1n) is 5.48. The molecule has 0 atom stereocenters. The first kappa shape index (κ1) is 12.5. The van der Waals surface area contributed by atoms with Gasteiger partial charge in [0, 0.05) is 13.0 Å². The second kappa shape index (κ2) is 6.84. The minimum Gasteiger partial charge on any atom is -0.444 e. The molecule has 0 unspecified atom stereocenters. The number of aromatic nitrogens is 1. The Labute approximate surface area is 95.3 Å². The SMILES string of the molecule is CCCNC(=NCc1ncc(CC)o1)NN. The summed E-state index contributed by atoms with van der Waals surface area (Å²) in [6.07, 6.45) is 3.58. The van der Waals surface area contributed by atoms with E-state index in [0.717, 1.165) is 25.1 Å². The predicted octanol–water partition coefficient (Wildman–Crippen LogP) is 0.556. The van der Waals surface area contributed by atoms with Crippen molar-refractivity contribution >= 4 is 5.96 Å². The van der Waals surface area contributed by atoms with E-state index in [1.165, 1.54) is 0 Å². The normalized spacial score (nSPS) is 11.6. The number of nitrogens with two attached hydrogens (primary N) is 1. The van der Waals surface area contributed by atoms with E-state index in [1.807, 2.05) is 6.92 Å². The number of oxazole rings is 1. The van der Waals surface area contributed by atoms with Crippen LogP contribution >= 0.6 is 0 Å². The Morgan fingerprint density at radius 3 is 2.94 bits per heavy atom. The number of nitrogens with one attached hydrogen (secondary N) is 2. The molecule has 0 aliphatic heterocycles. The van der Waals surface area contributed by atoms with Crippen molar-refractivity contribution in [2.24, 2.45) is 10.8 Å². The van der Waals surface area contributed by atoms with Gasteiger partial charge in [0.15, 0.2) is 0 Å². The zero-order valence-corrected chi connectivity index (χ0v) is 9.79. The van der Waals surface area contributed by atoms with Gasteiger partial charge in [-0.25, -0.2) is 15.8 Å². The van der Waals surface area contributed by atoms with Gasteiger partial charge in [0.25, 0.3) is 0 Å². The molecule has 0 fully saturated rings. The molecule has 16 heavy (non-hydrogen) atoms. The first-order valence-corrected chi connectivity index (χ1v) is 5.48. The molecule has 4 N–H and O–H groups in total. The van der Waals surface area contributed by atoms with Crippen molar-refractivity contribution in [2.45, 2.75) is 33.2 Å². The van der Waals surface area contributed by atoms with Crippen molar-refractivity contribution in [3.05, 3.63) is 17.8 Å². The first-order chi connectivity index (χ1) is 7.80. The van der Waals surface area contributed by atoms with Gasteiger partial charge < -0.3 is 9.73 Å². The smallest absolute Gasteiger partial charge is 0.216 e. The molecule has 0 aliphatic carbocycles. The summed E-state index contributed by atoms with van der Waals surface area (Å²) in [6.45, 7) is 5.30. The van der Waals surface area contributed by atoms with Gasteiger partial charge in [0.1, 0.15) is 12.3 Å². The highest BCUT2D eigenvalue weighted by Gasteiger charge is 2.01. The summed E-state index contributed by atoms with van der Waals surface area (Å²) in [6, 6.07) is 0. The third kappa shape index (κ3) is 3.90. The molecule has 0 aliphatic rings. The number of hydrazine groups is 1. The molecule has 1 aromatic heterocycles. The van der Waals surface area contributed by atoms with Crippen molar-refractivity contribution in [1.82, 2.24) is 15.7 Å². The molecule has 0 radical (unpaired) electrons. The number of nitrogens with zero attached hydrogens (tertiary/aromatic N) is 2. The van der Waals surface area contributed by atoms with Gasteiger partial charge in [-0.2, -0.15) is 0 Å². The molecule has 1 aromatic rings. The van der Waals surface area contributed by atoms with E-state index in [9.17, 15) is 0 Å². The summed E-state index contributed by atoms with van der Waals surface area (Å²) in [7, 11) is 0. The Morgan fingerprint density at radius 1 is 1.56 bits per heavy atom. The van der Waals surface area contributed by atoms with E-state index in [2.05, 4.69) is 27.6 Å². The fourth-order valence-electron chi connectivity index (χ4n) is 1.13. The number of guanidine groups is 1. The topological polar surface area (TPSA) is 88.5 Å². The van der Waals surface area contributed by atoms with Gasteiger partial charge in [-0.15, -0.1) is 0 Å². The zero-order chi connectivity index (χ0) is 11.8. The van der Waals surface area contributed by atoms with Crippen LogP contribution in [0.5, 0.6) is 0 Å². The van der Waals surface area contributed by atoms with Gasteiger partial charge >= 0.3 is 0 Å². The van der Waals surface area contributed by atoms with Crippen molar-refractivity contribution in [3.63, 3.8) is 0 Å². The van der Waals surface area contributed by atoms with Gasteiger partial charge in [0.05, 0.1) is 6.20 Å². The number of aryl methyl sites for hydroxylation is 1. The van der Waals surface area contributed by atoms with Crippen molar-refractivity contribution in [3.8, 4) is 0 Å². The van der Waals surface area contributed by atoms with Gasteiger partial charge in [0.2, 0.25) is 11.9 Å². The Morgan fingerprint density at radius 2 is 2.38 bits per heavy atom. The molecule has 1 rings (SSSR count). The molecule has 1 heterocycles. The van der Waals surface area contributed by atoms with E-state index in [1.54, 1.807) is 6.20 Å². The second-order valence-electron chi connectivity index (χ2n) is 3.31. The van der Waals surface area contributed by atoms with Crippen LogP contribution in [0.3, 0.4) is 0 Å². The summed E-state index contributed by atoms with van der Waals surface area (Å²) in [5.74, 6) is 7.34. The quantitative estimate of drug-likeness (QED) is 0.295. The van der Waals surface area contributed by atoms with Crippen LogP contribution < -0.4 is 16.6 Å². The summed E-state index contributed by atoms with van der Waals surface area (Å²) in [5, 5.41) is 3.05. The standard InChI is InChI=1S/C10H19N5O/c1-3-5-12-10(15-11)14-7-9-13-6-8(4-2)16-9/h6H,3-5,7,11H2,1-2H3,(H2,12,14,15). The molecule has 6 nitrogen and oxygen atoms in total. The summed E-state index contributed by atoms with van der Waals surface area (Å²) in [5.41, 5.74) is 2.50. The van der Waals surface area contributed by atoms with Crippen molar-refractivity contribution in [1.29, 1.82) is 0 Å². The van der Waals surface area contributed by atoms with E-state index in [-0.39, 0.29) is 0 Å². The maximum absolute atomic E-state index is 5.42. The lowest BCUT2D eigenvalue weighted by atomic mass is 10.4. The fraction of sp³-hybridized carbons (Fsp3) is 0.600. The van der Waals surface area contributed by atoms with Gasteiger partial charge in [-0.1, -0.05) is 13.8 Å². The lowest BCUT2D eigenvalue weighted by Crippen LogP contribution is -2.41. The third-order valence-electron chi connectivity index (χ3n) is 2.00. The van der Waals surface area contributed by atoms with Crippen LogP contribution in [0, 0.1) is 0 Å². The molecule has 0 saturated carbocycles. The number of hydrogen-bond donors (Lipinski definition) is 3. The van der Waals surface area contributed by atoms with Gasteiger partial charge in [-0.3, -0.25) is 5.43 Å². The van der Waals surface area contributed by atoms with E-state index in [0.29, 0.717) is 18.4 Å². The van der Waals surface area contributed by atoms with Gasteiger partial charge in [-0.05, 0) is 6.42 Å². The molecule has 0 spiro atoms. The van der Waals surface area contributed by atoms with E-state index in [4.69, 9.17) is 10.3 Å². The molecule has 0 bridgehead atoms. The van der Waals surface area contributed by atoms with Crippen LogP contribution in [0.25, 0.3) is 0 Å². The third-order valence-corrected chi connectivity index (χ3v) is 2.00. The number of rotatable bonds is 5. The van der Waals surface area contributed by atoms with Crippen LogP contribution in [0.1, 0.15) is 31.9 Å². The lowest BCUT2D eigenvalue weighted by Gasteiger charge is -2.06. The molecule has 6 heteroatoms. The summed E-state index contributed by atoms with van der Waals surface area (Å²) >= 11 is 0. The second-order valence-corrected chi connectivity index (χ2v) is 3.31. The predicted molar refractivity (Wildman–Crippen MR) is 62.6 cm³/mol. The molecule has 0 saturated heterocycles. The molecule has 0 amide bonds. The molecular weight excluding hydrogens is 206 g/mol. The lowest BCUT2D eigenvalue weighted by molar-refractivity contribution is 0.461. The minimum atomic E-state index is 0.385. The van der Waals surface area contributed by atoms with Crippen LogP contribution in [-0.4, -0.2) is 17.5 Å². The van der Waals surface area contributed by atoms with E-state index < -0.39 is 0 Å². The fourth-order valence-corrected chi connectivity index (χ4v) is 1.13. The minimum absolute atomic E-state index is 0.385. The Balaban J connectivity index is 2.48. The number of aliphatic imine (C=N–C) groups is 1. The monoisotopic (exact) mass is 225 g/mol. The Bertz CT molecular complexity index is 334. The summed E-state index contributed by atoms with van der Waals surface area (Å²) < 4.78 is 5.42. The van der Waals surface area contributed by atoms with Crippen LogP contribution in [0.2, 0.25) is 0 Å². The maximum atomic E-state index is 5.42. The molecule has 90 valence electrons. The molecule has 0 aromatic carbocycles. The van der Waals surface area contributed by atoms with E-state index >= 15 is 0 Å². The summed E-state index contributed by atoms with van der Waals surface area (Å²) in [4.78, 5) is 8.31. The van der Waals surface area contributed by atoms with Crippen LogP contribution in [-0.2, 0) is 13.0 Å². The average Bonchev–Trinajstić information content (AvgIpc) is 2.77. The molecular formula is C10H19N5O.